The molecule has 2 aromatic rings. The van der Waals surface area contributed by atoms with E-state index in [9.17, 15) is 14.0 Å². The van der Waals surface area contributed by atoms with Crippen LogP contribution in [0.25, 0.3) is 0 Å². The minimum absolute atomic E-state index is 0.0393. The van der Waals surface area contributed by atoms with Gasteiger partial charge in [-0.15, -0.1) is 11.3 Å². The van der Waals surface area contributed by atoms with Gasteiger partial charge in [-0.25, -0.2) is 9.18 Å². The summed E-state index contributed by atoms with van der Waals surface area (Å²) in [6.45, 7) is 2.27. The van der Waals surface area contributed by atoms with Gasteiger partial charge in [0, 0.05) is 18.0 Å². The summed E-state index contributed by atoms with van der Waals surface area (Å²) in [5.41, 5.74) is 2.64. The van der Waals surface area contributed by atoms with E-state index in [1.165, 1.54) is 35.5 Å². The van der Waals surface area contributed by atoms with Crippen molar-refractivity contribution in [1.82, 2.24) is 4.90 Å². The van der Waals surface area contributed by atoms with E-state index >= 15 is 0 Å². The lowest BCUT2D eigenvalue weighted by Crippen LogP contribution is -2.40. The van der Waals surface area contributed by atoms with Crippen LogP contribution in [0.5, 0.6) is 0 Å². The van der Waals surface area contributed by atoms with Crippen LogP contribution in [-0.2, 0) is 28.9 Å². The van der Waals surface area contributed by atoms with Crippen molar-refractivity contribution in [2.45, 2.75) is 45.1 Å². The molecule has 0 spiro atoms. The highest BCUT2D eigenvalue weighted by Crippen LogP contribution is 2.39. The molecule has 0 radical (unpaired) electrons. The third-order valence-electron chi connectivity index (χ3n) is 5.99. The number of carbonyl (C=O) groups excluding carboxylic acids is 2. The van der Waals surface area contributed by atoms with Crippen molar-refractivity contribution in [3.8, 4) is 0 Å². The molecule has 1 aromatic heterocycles. The number of carbonyl (C=O) groups is 2. The van der Waals surface area contributed by atoms with Gasteiger partial charge in [-0.3, -0.25) is 9.69 Å². The van der Waals surface area contributed by atoms with Crippen LogP contribution < -0.4 is 5.32 Å². The van der Waals surface area contributed by atoms with Crippen LogP contribution in [-0.4, -0.2) is 37.0 Å². The number of piperidine rings is 1. The molecular formula is C23H27FN2O3S. The second-order valence-corrected chi connectivity index (χ2v) is 9.20. The van der Waals surface area contributed by atoms with E-state index in [1.54, 1.807) is 12.1 Å². The molecule has 1 aliphatic heterocycles. The van der Waals surface area contributed by atoms with E-state index in [4.69, 9.17) is 4.74 Å². The maximum Gasteiger partial charge on any atom is 0.341 e. The summed E-state index contributed by atoms with van der Waals surface area (Å²) in [6.07, 6.45) is 5.74. The van der Waals surface area contributed by atoms with E-state index in [-0.39, 0.29) is 23.6 Å². The zero-order chi connectivity index (χ0) is 21.1. The van der Waals surface area contributed by atoms with Gasteiger partial charge in [0.1, 0.15) is 10.8 Å². The van der Waals surface area contributed by atoms with Gasteiger partial charge in [0.05, 0.1) is 18.6 Å². The number of nitrogens with zero attached hydrogens (tertiary/aromatic N) is 1. The number of benzene rings is 1. The summed E-state index contributed by atoms with van der Waals surface area (Å²) in [4.78, 5) is 28.9. The molecule has 1 N–H and O–H groups in total. The normalized spacial score (nSPS) is 19.2. The predicted octanol–water partition coefficient (Wildman–Crippen LogP) is 4.40. The number of ether oxygens (including phenoxy) is 1. The molecular weight excluding hydrogens is 403 g/mol. The topological polar surface area (TPSA) is 58.6 Å². The standard InChI is InChI=1S/C23H27FN2O3S/c1-29-23(28)20-18-6-2-3-7-19(18)30-22(20)25-21(27)16-5-4-12-26(14-16)13-15-8-10-17(24)11-9-15/h8-11,16H,2-7,12-14H2,1H3,(H,25,27)/t16-/m0/s1. The van der Waals surface area contributed by atoms with E-state index < -0.39 is 0 Å². The van der Waals surface area contributed by atoms with Crippen LogP contribution in [0.2, 0.25) is 0 Å². The monoisotopic (exact) mass is 430 g/mol. The quantitative estimate of drug-likeness (QED) is 0.714. The lowest BCUT2D eigenvalue weighted by Gasteiger charge is -2.32. The molecule has 1 atom stereocenters. The van der Waals surface area contributed by atoms with Crippen molar-refractivity contribution in [2.75, 3.05) is 25.5 Å². The average Bonchev–Trinajstić information content (AvgIpc) is 3.13. The second-order valence-electron chi connectivity index (χ2n) is 8.10. The summed E-state index contributed by atoms with van der Waals surface area (Å²) in [5.74, 6) is -0.785. The number of hydrogen-bond acceptors (Lipinski definition) is 5. The van der Waals surface area contributed by atoms with Crippen molar-refractivity contribution in [1.29, 1.82) is 0 Å². The maximum absolute atomic E-state index is 13.1. The molecule has 5 nitrogen and oxygen atoms in total. The molecule has 0 bridgehead atoms. The Morgan fingerprint density at radius 2 is 1.97 bits per heavy atom. The first kappa shape index (κ1) is 21.0. The molecule has 2 aliphatic rings. The smallest absolute Gasteiger partial charge is 0.341 e. The lowest BCUT2D eigenvalue weighted by molar-refractivity contribution is -0.121. The molecule has 1 fully saturated rings. The van der Waals surface area contributed by atoms with Gasteiger partial charge in [0.2, 0.25) is 5.91 Å². The number of amides is 1. The number of methoxy groups -OCH3 is 1. The summed E-state index contributed by atoms with van der Waals surface area (Å²) >= 11 is 1.52. The van der Waals surface area contributed by atoms with E-state index in [1.807, 2.05) is 0 Å². The molecule has 1 saturated heterocycles. The highest BCUT2D eigenvalue weighted by Gasteiger charge is 2.30. The first-order chi connectivity index (χ1) is 14.5. The molecule has 1 amide bonds. The van der Waals surface area contributed by atoms with Crippen LogP contribution >= 0.6 is 11.3 Å². The molecule has 0 saturated carbocycles. The SMILES string of the molecule is COC(=O)c1c(NC(=O)[C@H]2CCCN(Cc3ccc(F)cc3)C2)sc2c1CCCC2. The van der Waals surface area contributed by atoms with Crippen molar-refractivity contribution in [3.63, 3.8) is 0 Å². The highest BCUT2D eigenvalue weighted by molar-refractivity contribution is 7.17. The molecule has 1 aliphatic carbocycles. The zero-order valence-corrected chi connectivity index (χ0v) is 18.0. The van der Waals surface area contributed by atoms with Gasteiger partial charge in [0.15, 0.2) is 0 Å². The van der Waals surface area contributed by atoms with Crippen molar-refractivity contribution >= 4 is 28.2 Å². The number of esters is 1. The molecule has 0 unspecified atom stereocenters. The minimum atomic E-state index is -0.369. The maximum atomic E-state index is 13.1. The number of anilines is 1. The van der Waals surface area contributed by atoms with E-state index in [2.05, 4.69) is 10.2 Å². The third-order valence-corrected chi connectivity index (χ3v) is 7.20. The van der Waals surface area contributed by atoms with E-state index in [0.29, 0.717) is 23.7 Å². The summed E-state index contributed by atoms with van der Waals surface area (Å²) in [6, 6.07) is 6.52. The Bertz CT molecular complexity index is 925. The number of aryl methyl sites for hydroxylation is 1. The fourth-order valence-corrected chi connectivity index (χ4v) is 5.73. The predicted molar refractivity (Wildman–Crippen MR) is 115 cm³/mol. The van der Waals surface area contributed by atoms with Crippen LogP contribution in [0, 0.1) is 11.7 Å². The van der Waals surface area contributed by atoms with Gasteiger partial charge in [-0.05, 0) is 68.3 Å². The van der Waals surface area contributed by atoms with Gasteiger partial charge >= 0.3 is 5.97 Å². The highest BCUT2D eigenvalue weighted by atomic mass is 32.1. The lowest BCUT2D eigenvalue weighted by atomic mass is 9.95. The Labute approximate surface area is 180 Å². The summed E-state index contributed by atoms with van der Waals surface area (Å²) in [5, 5.41) is 3.68. The number of halogens is 1. The number of hydrogen-bond donors (Lipinski definition) is 1. The number of thiophene rings is 1. The van der Waals surface area contributed by atoms with Crippen molar-refractivity contribution < 1.29 is 18.7 Å². The largest absolute Gasteiger partial charge is 0.465 e. The summed E-state index contributed by atoms with van der Waals surface area (Å²) < 4.78 is 18.1. The molecule has 1 aromatic carbocycles. The number of rotatable bonds is 5. The van der Waals surface area contributed by atoms with Crippen LogP contribution in [0.15, 0.2) is 24.3 Å². The number of fused-ring (bicyclic) bond motifs is 1. The third kappa shape index (κ3) is 4.57. The van der Waals surface area contributed by atoms with Gasteiger partial charge in [-0.1, -0.05) is 12.1 Å². The average molecular weight is 431 g/mol. The van der Waals surface area contributed by atoms with Crippen molar-refractivity contribution in [3.05, 3.63) is 51.7 Å². The van der Waals surface area contributed by atoms with Crippen molar-refractivity contribution in [2.24, 2.45) is 5.92 Å². The Morgan fingerprint density at radius 1 is 1.20 bits per heavy atom. The minimum Gasteiger partial charge on any atom is -0.465 e. The Morgan fingerprint density at radius 3 is 2.73 bits per heavy atom. The first-order valence-corrected chi connectivity index (χ1v) is 11.4. The Hall–Kier alpha value is -2.25. The summed E-state index contributed by atoms with van der Waals surface area (Å²) in [7, 11) is 1.38. The van der Waals surface area contributed by atoms with E-state index in [0.717, 1.165) is 56.2 Å². The number of nitrogens with one attached hydrogen (secondary N) is 1. The van der Waals surface area contributed by atoms with Crippen LogP contribution in [0.3, 0.4) is 0 Å². The molecule has 30 heavy (non-hydrogen) atoms. The zero-order valence-electron chi connectivity index (χ0n) is 17.2. The van der Waals surface area contributed by atoms with Gasteiger partial charge in [-0.2, -0.15) is 0 Å². The Kier molecular flexibility index (Phi) is 6.49. The Balaban J connectivity index is 1.45. The fraction of sp³-hybridized carbons (Fsp3) is 0.478. The second kappa shape index (κ2) is 9.27. The van der Waals surface area contributed by atoms with Crippen LogP contribution in [0.1, 0.15) is 52.0 Å². The van der Waals surface area contributed by atoms with Gasteiger partial charge < -0.3 is 10.1 Å². The molecule has 4 rings (SSSR count). The number of likely N-dealkylation sites (tertiary alicyclic amines) is 1. The first-order valence-electron chi connectivity index (χ1n) is 10.6. The molecule has 160 valence electrons. The van der Waals surface area contributed by atoms with Crippen LogP contribution in [0.4, 0.5) is 9.39 Å². The van der Waals surface area contributed by atoms with Gasteiger partial charge in [0.25, 0.3) is 0 Å². The molecule has 2 heterocycles. The molecule has 7 heteroatoms. The fourth-order valence-electron chi connectivity index (χ4n) is 4.45.